The number of pyridine rings is 2. The second kappa shape index (κ2) is 9.30. The first kappa shape index (κ1) is 20.6. The van der Waals surface area contributed by atoms with E-state index in [4.69, 9.17) is 23.2 Å². The van der Waals surface area contributed by atoms with Gasteiger partial charge >= 0.3 is 11.9 Å². The highest BCUT2D eigenvalue weighted by atomic mass is 79.9. The van der Waals surface area contributed by atoms with E-state index in [1.165, 1.54) is 33.3 Å². The van der Waals surface area contributed by atoms with Gasteiger partial charge < -0.3 is 9.47 Å². The van der Waals surface area contributed by atoms with Crippen molar-refractivity contribution in [1.29, 1.82) is 0 Å². The quantitative estimate of drug-likeness (QED) is 0.487. The molecule has 0 amide bonds. The molecule has 2 aromatic rings. The van der Waals surface area contributed by atoms with Gasteiger partial charge in [0.2, 0.25) is 0 Å². The van der Waals surface area contributed by atoms with Crippen LogP contribution in [0.2, 0.25) is 10.3 Å². The van der Waals surface area contributed by atoms with Crippen LogP contribution >= 0.6 is 39.1 Å². The molecule has 0 saturated heterocycles. The van der Waals surface area contributed by atoms with Crippen molar-refractivity contribution in [2.75, 3.05) is 14.2 Å². The van der Waals surface area contributed by atoms with E-state index in [9.17, 15) is 9.59 Å². The first-order valence-corrected chi connectivity index (χ1v) is 9.05. The van der Waals surface area contributed by atoms with Crippen LogP contribution < -0.4 is 0 Å². The van der Waals surface area contributed by atoms with Crippen molar-refractivity contribution in [3.05, 3.63) is 56.0 Å². The van der Waals surface area contributed by atoms with E-state index in [-0.39, 0.29) is 15.9 Å². The zero-order valence-electron chi connectivity index (χ0n) is 14.0. The van der Waals surface area contributed by atoms with E-state index >= 15 is 0 Å². The highest BCUT2D eigenvalue weighted by Gasteiger charge is 2.25. The Morgan fingerprint density at radius 2 is 1.50 bits per heavy atom. The molecule has 0 atom stereocenters. The molecule has 0 unspecified atom stereocenters. The van der Waals surface area contributed by atoms with Gasteiger partial charge in [0.25, 0.3) is 0 Å². The van der Waals surface area contributed by atoms with Crippen LogP contribution in [0.25, 0.3) is 0 Å². The zero-order chi connectivity index (χ0) is 19.3. The summed E-state index contributed by atoms with van der Waals surface area (Å²) in [6.07, 6.45) is 5.58. The topological polar surface area (TPSA) is 78.4 Å². The molecule has 1 aliphatic rings. The summed E-state index contributed by atoms with van der Waals surface area (Å²) in [5.41, 5.74) is 1.70. The van der Waals surface area contributed by atoms with Crippen LogP contribution in [0.4, 0.5) is 0 Å². The van der Waals surface area contributed by atoms with Crippen LogP contribution in [0.5, 0.6) is 0 Å². The minimum atomic E-state index is -0.492. The summed E-state index contributed by atoms with van der Waals surface area (Å²) in [6, 6.07) is 3.33. The van der Waals surface area contributed by atoms with Crippen molar-refractivity contribution < 1.29 is 19.1 Å². The van der Waals surface area contributed by atoms with Gasteiger partial charge in [0.05, 0.1) is 25.3 Å². The maximum Gasteiger partial charge on any atom is 0.341 e. The summed E-state index contributed by atoms with van der Waals surface area (Å²) in [4.78, 5) is 30.0. The van der Waals surface area contributed by atoms with Crippen LogP contribution in [0.3, 0.4) is 0 Å². The van der Waals surface area contributed by atoms with Crippen molar-refractivity contribution in [1.82, 2.24) is 9.97 Å². The molecule has 0 radical (unpaired) electrons. The lowest BCUT2D eigenvalue weighted by Crippen LogP contribution is -2.04. The maximum atomic E-state index is 11.3. The highest BCUT2D eigenvalue weighted by molar-refractivity contribution is 9.10. The molecule has 3 rings (SSSR count). The van der Waals surface area contributed by atoms with Crippen molar-refractivity contribution in [3.63, 3.8) is 0 Å². The average molecular weight is 462 g/mol. The Balaban J connectivity index is 0.000000190. The molecule has 0 aromatic carbocycles. The van der Waals surface area contributed by atoms with Gasteiger partial charge in [-0.1, -0.05) is 23.2 Å². The van der Waals surface area contributed by atoms with E-state index in [1.54, 1.807) is 18.3 Å². The number of carbonyl (C=O) groups excluding carboxylic acids is 2. The number of methoxy groups -OCH3 is 2. The lowest BCUT2D eigenvalue weighted by atomic mass is 10.1. The van der Waals surface area contributed by atoms with Crippen LogP contribution in [0.15, 0.2) is 29.0 Å². The third kappa shape index (κ3) is 5.40. The van der Waals surface area contributed by atoms with Gasteiger partial charge in [0.15, 0.2) is 0 Å². The lowest BCUT2D eigenvalue weighted by molar-refractivity contribution is 0.0591. The minimum absolute atomic E-state index is 0.144. The Hall–Kier alpha value is -1.70. The molecule has 6 nitrogen and oxygen atoms in total. The molecule has 1 aliphatic carbocycles. The number of nitrogens with zero attached hydrogens (tertiary/aromatic N) is 2. The van der Waals surface area contributed by atoms with Crippen LogP contribution in [0, 0.1) is 0 Å². The summed E-state index contributed by atoms with van der Waals surface area (Å²) >= 11 is 14.6. The number of hydrogen-bond donors (Lipinski definition) is 0. The maximum absolute atomic E-state index is 11.3. The smallest absolute Gasteiger partial charge is 0.341 e. The fourth-order valence-corrected chi connectivity index (χ4v) is 2.73. The van der Waals surface area contributed by atoms with Crippen LogP contribution in [-0.4, -0.2) is 36.1 Å². The van der Waals surface area contributed by atoms with Gasteiger partial charge in [-0.15, -0.1) is 0 Å². The minimum Gasteiger partial charge on any atom is -0.465 e. The standard InChI is InChI=1S/C10H10ClNO2.C7H5BrClNO2/c1-14-10(13)8-4-7(6-2-3-6)5-12-9(8)11;1-12-7(11)5-2-4(8)3-10-6(5)9/h4-6H,2-3H2,1H3;2-3H,1H3. The third-order valence-corrected chi connectivity index (χ3v) is 4.56. The number of ether oxygens (including phenoxy) is 2. The molecular weight excluding hydrogens is 447 g/mol. The van der Waals surface area contributed by atoms with Crippen molar-refractivity contribution in [2.24, 2.45) is 0 Å². The molecular formula is C17H15BrCl2N2O4. The van der Waals surface area contributed by atoms with E-state index in [1.807, 2.05) is 0 Å². The third-order valence-electron chi connectivity index (χ3n) is 3.53. The van der Waals surface area contributed by atoms with Crippen molar-refractivity contribution in [2.45, 2.75) is 18.8 Å². The normalized spacial score (nSPS) is 12.7. The van der Waals surface area contributed by atoms with Gasteiger partial charge in [0.1, 0.15) is 10.3 Å². The Morgan fingerprint density at radius 1 is 1.00 bits per heavy atom. The molecule has 0 spiro atoms. The number of hydrogen-bond acceptors (Lipinski definition) is 6. The first-order chi connectivity index (χ1) is 12.4. The van der Waals surface area contributed by atoms with Crippen LogP contribution in [-0.2, 0) is 9.47 Å². The monoisotopic (exact) mass is 460 g/mol. The predicted molar refractivity (Wildman–Crippen MR) is 101 cm³/mol. The summed E-state index contributed by atoms with van der Waals surface area (Å²) in [5, 5.41) is 0.353. The molecule has 2 heterocycles. The fourth-order valence-electron chi connectivity index (χ4n) is 2.03. The molecule has 1 saturated carbocycles. The molecule has 9 heteroatoms. The Morgan fingerprint density at radius 3 is 2.00 bits per heavy atom. The molecule has 2 aromatic heterocycles. The summed E-state index contributed by atoms with van der Waals surface area (Å²) in [5.74, 6) is -0.359. The SMILES string of the molecule is COC(=O)c1cc(Br)cnc1Cl.COC(=O)c1cc(C2CC2)cnc1Cl. The van der Waals surface area contributed by atoms with Gasteiger partial charge in [0, 0.05) is 16.9 Å². The molecule has 0 aliphatic heterocycles. The number of rotatable bonds is 3. The predicted octanol–water partition coefficient (Wildman–Crippen LogP) is 4.68. The summed E-state index contributed by atoms with van der Waals surface area (Å²) in [7, 11) is 2.63. The van der Waals surface area contributed by atoms with Gasteiger partial charge in [-0.05, 0) is 52.4 Å². The Kier molecular flexibility index (Phi) is 7.37. The number of aromatic nitrogens is 2. The van der Waals surface area contributed by atoms with Crippen LogP contribution in [0.1, 0.15) is 45.0 Å². The lowest BCUT2D eigenvalue weighted by Gasteiger charge is -2.03. The Labute approximate surface area is 169 Å². The van der Waals surface area contributed by atoms with Gasteiger partial charge in [-0.3, -0.25) is 0 Å². The zero-order valence-corrected chi connectivity index (χ0v) is 17.1. The van der Waals surface area contributed by atoms with Crippen molar-refractivity contribution >= 4 is 51.1 Å². The fraction of sp³-hybridized carbons (Fsp3) is 0.294. The Bertz CT molecular complexity index is 828. The molecule has 26 heavy (non-hydrogen) atoms. The largest absolute Gasteiger partial charge is 0.465 e. The molecule has 0 bridgehead atoms. The van der Waals surface area contributed by atoms with Crippen molar-refractivity contribution in [3.8, 4) is 0 Å². The van der Waals surface area contributed by atoms with E-state index in [0.29, 0.717) is 16.0 Å². The van der Waals surface area contributed by atoms with E-state index in [2.05, 4.69) is 35.4 Å². The summed E-state index contributed by atoms with van der Waals surface area (Å²) in [6.45, 7) is 0. The highest BCUT2D eigenvalue weighted by Crippen LogP contribution is 2.40. The summed E-state index contributed by atoms with van der Waals surface area (Å²) < 4.78 is 9.78. The average Bonchev–Trinajstić information content (AvgIpc) is 3.48. The number of carbonyl (C=O) groups is 2. The number of halogens is 3. The molecule has 1 fully saturated rings. The second-order valence-corrected chi connectivity index (χ2v) is 6.99. The van der Waals surface area contributed by atoms with Gasteiger partial charge in [-0.25, -0.2) is 19.6 Å². The van der Waals surface area contributed by atoms with E-state index in [0.717, 1.165) is 5.56 Å². The van der Waals surface area contributed by atoms with Gasteiger partial charge in [-0.2, -0.15) is 0 Å². The molecule has 138 valence electrons. The molecule has 0 N–H and O–H groups in total. The number of esters is 2. The first-order valence-electron chi connectivity index (χ1n) is 7.50. The second-order valence-electron chi connectivity index (χ2n) is 5.36. The van der Waals surface area contributed by atoms with E-state index < -0.39 is 11.9 Å².